The van der Waals surface area contributed by atoms with Crippen LogP contribution in [0.25, 0.3) is 0 Å². The molecule has 3 atom stereocenters. The minimum Gasteiger partial charge on any atom is -0.390 e. The molecule has 3 heteroatoms. The fraction of sp³-hybridized carbons (Fsp3) is 0.538. The van der Waals surface area contributed by atoms with Crippen molar-refractivity contribution in [3.8, 4) is 0 Å². The first-order chi connectivity index (χ1) is 8.21. The second kappa shape index (κ2) is 3.84. The summed E-state index contributed by atoms with van der Waals surface area (Å²) in [6, 6.07) is 8.06. The van der Waals surface area contributed by atoms with Crippen LogP contribution in [0.2, 0.25) is 0 Å². The van der Waals surface area contributed by atoms with Crippen molar-refractivity contribution in [1.82, 2.24) is 10.6 Å². The Kier molecular flexibility index (Phi) is 2.20. The molecule has 0 bridgehead atoms. The molecule has 1 spiro atoms. The summed E-state index contributed by atoms with van der Waals surface area (Å²) in [7, 11) is 0. The predicted octanol–water partition coefficient (Wildman–Crippen LogP) is 0.425. The maximum Gasteiger partial charge on any atom is 0.0849 e. The summed E-state index contributed by atoms with van der Waals surface area (Å²) in [5.41, 5.74) is 1.93. The average Bonchev–Trinajstić information content (AvgIpc) is 2.33. The minimum atomic E-state index is -0.423. The lowest BCUT2D eigenvalue weighted by Gasteiger charge is -2.45. The SMILES string of the molecule is [2H]C1N[C@@]2(CCNC[C@H]2O)Cc2ccccc21. The number of rotatable bonds is 0. The van der Waals surface area contributed by atoms with Crippen LogP contribution in [0.1, 0.15) is 18.9 Å². The summed E-state index contributed by atoms with van der Waals surface area (Å²) in [4.78, 5) is 0. The first kappa shape index (κ1) is 9.16. The molecule has 2 heterocycles. The fourth-order valence-electron chi connectivity index (χ4n) is 2.74. The van der Waals surface area contributed by atoms with Crippen molar-refractivity contribution in [1.29, 1.82) is 0 Å². The van der Waals surface area contributed by atoms with Crippen LogP contribution in [0.4, 0.5) is 0 Å². The average molecular weight is 219 g/mol. The van der Waals surface area contributed by atoms with E-state index < -0.39 is 12.6 Å². The van der Waals surface area contributed by atoms with Crippen molar-refractivity contribution >= 4 is 0 Å². The lowest BCUT2D eigenvalue weighted by molar-refractivity contribution is 0.0287. The Labute approximate surface area is 97.3 Å². The van der Waals surface area contributed by atoms with Gasteiger partial charge >= 0.3 is 0 Å². The largest absolute Gasteiger partial charge is 0.390 e. The monoisotopic (exact) mass is 219 g/mol. The second-order valence-corrected chi connectivity index (χ2v) is 4.79. The van der Waals surface area contributed by atoms with Crippen LogP contribution in [0.15, 0.2) is 24.3 Å². The van der Waals surface area contributed by atoms with Crippen LogP contribution >= 0.6 is 0 Å². The van der Waals surface area contributed by atoms with E-state index in [4.69, 9.17) is 1.37 Å². The molecule has 16 heavy (non-hydrogen) atoms. The van der Waals surface area contributed by atoms with Gasteiger partial charge in [0, 0.05) is 14.4 Å². The van der Waals surface area contributed by atoms with Gasteiger partial charge in [0.15, 0.2) is 0 Å². The molecule has 1 unspecified atom stereocenters. The summed E-state index contributed by atoms with van der Waals surface area (Å²) < 4.78 is 8.16. The van der Waals surface area contributed by atoms with Crippen molar-refractivity contribution in [3.05, 3.63) is 35.4 Å². The molecule has 3 rings (SSSR count). The smallest absolute Gasteiger partial charge is 0.0849 e. The lowest BCUT2D eigenvalue weighted by atomic mass is 9.76. The van der Waals surface area contributed by atoms with Gasteiger partial charge in [-0.05, 0) is 30.5 Å². The van der Waals surface area contributed by atoms with Gasteiger partial charge in [0.1, 0.15) is 0 Å². The first-order valence-corrected chi connectivity index (χ1v) is 5.88. The van der Waals surface area contributed by atoms with Gasteiger partial charge in [-0.15, -0.1) is 0 Å². The molecule has 86 valence electrons. The molecule has 3 nitrogen and oxygen atoms in total. The van der Waals surface area contributed by atoms with Crippen molar-refractivity contribution in [2.24, 2.45) is 0 Å². The van der Waals surface area contributed by atoms with Gasteiger partial charge in [0.25, 0.3) is 0 Å². The van der Waals surface area contributed by atoms with E-state index in [1.54, 1.807) is 0 Å². The Balaban J connectivity index is 1.97. The summed E-state index contributed by atoms with van der Waals surface area (Å²) in [5.74, 6) is 0. The Morgan fingerprint density at radius 3 is 3.00 bits per heavy atom. The van der Waals surface area contributed by atoms with Gasteiger partial charge in [-0.1, -0.05) is 24.3 Å². The summed E-state index contributed by atoms with van der Waals surface area (Å²) >= 11 is 0. The third kappa shape index (κ3) is 1.56. The third-order valence-electron chi connectivity index (χ3n) is 3.80. The number of nitrogens with one attached hydrogen (secondary N) is 2. The molecule has 1 fully saturated rings. The number of fused-ring (bicyclic) bond motifs is 1. The first-order valence-electron chi connectivity index (χ1n) is 6.45. The van der Waals surface area contributed by atoms with E-state index in [0.717, 1.165) is 24.9 Å². The molecular weight excluding hydrogens is 200 g/mol. The standard InChI is InChI=1S/C13H18N2O/c16-12-9-14-6-5-13(12)7-10-3-1-2-4-11(10)8-15-13/h1-4,12,14-16H,5-9H2/t12-,13+/m1/s1/i8D/t8?,12-,13+. The molecule has 0 saturated carbocycles. The Morgan fingerprint density at radius 2 is 2.19 bits per heavy atom. The number of β-amino-alcohol motifs (C(OH)–C–C–N with tert-alkyl or cyclic N) is 1. The number of aliphatic hydroxyl groups is 1. The van der Waals surface area contributed by atoms with Gasteiger partial charge < -0.3 is 15.7 Å². The quantitative estimate of drug-likeness (QED) is 0.593. The molecule has 2 aliphatic rings. The highest BCUT2D eigenvalue weighted by Crippen LogP contribution is 2.29. The highest BCUT2D eigenvalue weighted by Gasteiger charge is 2.41. The number of piperidine rings is 1. The number of hydrogen-bond acceptors (Lipinski definition) is 3. The number of hydrogen-bond donors (Lipinski definition) is 3. The van der Waals surface area contributed by atoms with E-state index in [9.17, 15) is 5.11 Å². The number of benzene rings is 1. The van der Waals surface area contributed by atoms with E-state index in [1.165, 1.54) is 5.56 Å². The Hall–Kier alpha value is -0.900. The maximum absolute atomic E-state index is 10.2. The second-order valence-electron chi connectivity index (χ2n) is 4.79. The Morgan fingerprint density at radius 1 is 1.38 bits per heavy atom. The molecule has 3 N–H and O–H groups in total. The summed E-state index contributed by atoms with van der Waals surface area (Å²) in [6.07, 6.45) is 1.27. The molecule has 2 aliphatic heterocycles. The van der Waals surface area contributed by atoms with Crippen LogP contribution in [0, 0.1) is 0 Å². The normalized spacial score (nSPS) is 39.2. The zero-order chi connectivity index (χ0) is 11.9. The summed E-state index contributed by atoms with van der Waals surface area (Å²) in [6.45, 7) is 1.09. The topological polar surface area (TPSA) is 44.3 Å². The highest BCUT2D eigenvalue weighted by atomic mass is 16.3. The zero-order valence-electron chi connectivity index (χ0n) is 10.2. The lowest BCUT2D eigenvalue weighted by Crippen LogP contribution is -2.64. The van der Waals surface area contributed by atoms with Gasteiger partial charge in [-0.3, -0.25) is 0 Å². The molecular formula is C13H18N2O. The predicted molar refractivity (Wildman–Crippen MR) is 63.2 cm³/mol. The minimum absolute atomic E-state index is 0.313. The molecule has 0 aromatic heterocycles. The molecule has 0 radical (unpaired) electrons. The van der Waals surface area contributed by atoms with E-state index >= 15 is 0 Å². The number of aliphatic hydroxyl groups excluding tert-OH is 1. The van der Waals surface area contributed by atoms with Gasteiger partial charge in [0.05, 0.1) is 11.6 Å². The van der Waals surface area contributed by atoms with Crippen molar-refractivity contribution in [3.63, 3.8) is 0 Å². The highest BCUT2D eigenvalue weighted by molar-refractivity contribution is 5.32. The van der Waals surface area contributed by atoms with Crippen LogP contribution in [0.5, 0.6) is 0 Å². The molecule has 0 aliphatic carbocycles. The van der Waals surface area contributed by atoms with Crippen LogP contribution in [0.3, 0.4) is 0 Å². The zero-order valence-corrected chi connectivity index (χ0v) is 9.24. The van der Waals surface area contributed by atoms with Crippen molar-refractivity contribution < 1.29 is 6.48 Å². The van der Waals surface area contributed by atoms with E-state index in [-0.39, 0.29) is 5.54 Å². The van der Waals surface area contributed by atoms with Crippen LogP contribution < -0.4 is 10.6 Å². The fourth-order valence-corrected chi connectivity index (χ4v) is 2.74. The van der Waals surface area contributed by atoms with Crippen LogP contribution in [-0.2, 0) is 12.9 Å². The molecule has 1 saturated heterocycles. The van der Waals surface area contributed by atoms with Gasteiger partial charge in [0.2, 0.25) is 0 Å². The van der Waals surface area contributed by atoms with E-state index in [1.807, 2.05) is 18.2 Å². The van der Waals surface area contributed by atoms with Crippen molar-refractivity contribution in [2.75, 3.05) is 13.1 Å². The summed E-state index contributed by atoms with van der Waals surface area (Å²) in [5, 5.41) is 16.7. The van der Waals surface area contributed by atoms with E-state index in [2.05, 4.69) is 16.7 Å². The molecule has 1 aromatic rings. The van der Waals surface area contributed by atoms with Gasteiger partial charge in [-0.2, -0.15) is 0 Å². The van der Waals surface area contributed by atoms with Crippen molar-refractivity contribution in [2.45, 2.75) is 31.0 Å². The van der Waals surface area contributed by atoms with Crippen LogP contribution in [-0.4, -0.2) is 29.8 Å². The maximum atomic E-state index is 10.2. The molecule has 1 aromatic carbocycles. The van der Waals surface area contributed by atoms with E-state index in [0.29, 0.717) is 6.54 Å². The third-order valence-corrected chi connectivity index (χ3v) is 3.80. The Bertz CT molecular complexity index is 426. The van der Waals surface area contributed by atoms with Gasteiger partial charge in [-0.25, -0.2) is 0 Å². The molecule has 0 amide bonds.